The van der Waals surface area contributed by atoms with Gasteiger partial charge in [0.15, 0.2) is 6.61 Å². The number of hydrogen-bond donors (Lipinski definition) is 1. The molecule has 0 spiro atoms. The van der Waals surface area contributed by atoms with E-state index in [9.17, 15) is 9.59 Å². The number of ether oxygens (including phenoxy) is 2. The Hall–Kier alpha value is -2.24. The maximum Gasteiger partial charge on any atom is 0.260 e. The van der Waals surface area contributed by atoms with Gasteiger partial charge >= 0.3 is 0 Å². The lowest BCUT2D eigenvalue weighted by atomic mass is 9.88. The Bertz CT molecular complexity index is 632. The average molecular weight is 389 g/mol. The van der Waals surface area contributed by atoms with Crippen LogP contribution < -0.4 is 14.8 Å². The van der Waals surface area contributed by atoms with Gasteiger partial charge in [0.2, 0.25) is 5.91 Å². The van der Waals surface area contributed by atoms with E-state index < -0.39 is 0 Å². The minimum Gasteiger partial charge on any atom is -0.494 e. The summed E-state index contributed by atoms with van der Waals surface area (Å²) in [6.07, 6.45) is 7.25. The van der Waals surface area contributed by atoms with Gasteiger partial charge in [-0.3, -0.25) is 9.59 Å². The molecular weight excluding hydrogens is 356 g/mol. The van der Waals surface area contributed by atoms with Crippen molar-refractivity contribution < 1.29 is 19.1 Å². The first-order chi connectivity index (χ1) is 13.7. The van der Waals surface area contributed by atoms with Crippen molar-refractivity contribution in [2.75, 3.05) is 26.3 Å². The molecule has 2 amide bonds. The van der Waals surface area contributed by atoms with Crippen LogP contribution in [0.5, 0.6) is 11.5 Å². The molecule has 1 N–H and O–H groups in total. The second-order valence-corrected chi connectivity index (χ2v) is 7.69. The lowest BCUT2D eigenvalue weighted by Gasteiger charge is -2.33. The monoisotopic (exact) mass is 388 g/mol. The van der Waals surface area contributed by atoms with Crippen molar-refractivity contribution >= 4 is 11.8 Å². The largest absolute Gasteiger partial charge is 0.494 e. The highest BCUT2D eigenvalue weighted by molar-refractivity contribution is 5.79. The number of rotatable bonds is 7. The molecule has 3 rings (SSSR count). The Morgan fingerprint density at radius 3 is 2.18 bits per heavy atom. The van der Waals surface area contributed by atoms with E-state index in [0.717, 1.165) is 31.4 Å². The molecule has 154 valence electrons. The molecular formula is C22H32N2O4. The summed E-state index contributed by atoms with van der Waals surface area (Å²) in [6.45, 7) is 3.93. The van der Waals surface area contributed by atoms with Gasteiger partial charge in [-0.1, -0.05) is 19.3 Å². The number of hydrogen-bond acceptors (Lipinski definition) is 4. The third-order valence-corrected chi connectivity index (χ3v) is 5.67. The Balaban J connectivity index is 1.36. The van der Waals surface area contributed by atoms with Gasteiger partial charge in [-0.05, 0) is 56.9 Å². The molecule has 2 fully saturated rings. The fourth-order valence-electron chi connectivity index (χ4n) is 3.99. The predicted molar refractivity (Wildman–Crippen MR) is 107 cm³/mol. The van der Waals surface area contributed by atoms with E-state index in [4.69, 9.17) is 9.47 Å². The zero-order valence-corrected chi connectivity index (χ0v) is 16.8. The Kier molecular flexibility index (Phi) is 7.57. The molecule has 2 aliphatic rings. The van der Waals surface area contributed by atoms with Gasteiger partial charge in [0.1, 0.15) is 11.5 Å². The minimum atomic E-state index is -0.00839. The molecule has 1 saturated carbocycles. The highest BCUT2D eigenvalue weighted by Gasteiger charge is 2.27. The van der Waals surface area contributed by atoms with E-state index in [1.165, 1.54) is 19.3 Å². The van der Waals surface area contributed by atoms with Gasteiger partial charge in [0.05, 0.1) is 6.61 Å². The summed E-state index contributed by atoms with van der Waals surface area (Å²) in [6, 6.07) is 7.48. The van der Waals surface area contributed by atoms with Gasteiger partial charge in [-0.2, -0.15) is 0 Å². The van der Waals surface area contributed by atoms with E-state index in [0.29, 0.717) is 25.4 Å². The molecule has 1 aliphatic heterocycles. The molecule has 28 heavy (non-hydrogen) atoms. The molecule has 0 radical (unpaired) electrons. The number of amides is 2. The fraction of sp³-hybridized carbons (Fsp3) is 0.636. The third-order valence-electron chi connectivity index (χ3n) is 5.67. The molecule has 0 atom stereocenters. The van der Waals surface area contributed by atoms with E-state index >= 15 is 0 Å². The summed E-state index contributed by atoms with van der Waals surface area (Å²) >= 11 is 0. The number of nitrogens with zero attached hydrogens (tertiary/aromatic N) is 1. The van der Waals surface area contributed by atoms with Crippen LogP contribution in [0.2, 0.25) is 0 Å². The molecule has 0 bridgehead atoms. The van der Waals surface area contributed by atoms with Crippen LogP contribution in [-0.4, -0.2) is 49.1 Å². The van der Waals surface area contributed by atoms with Gasteiger partial charge in [0, 0.05) is 25.0 Å². The van der Waals surface area contributed by atoms with E-state index in [1.807, 2.05) is 36.1 Å². The SMILES string of the molecule is CCOc1ccc(OCC(=O)N2CCC(NC(=O)C3CCCCC3)CC2)cc1. The Morgan fingerprint density at radius 2 is 1.57 bits per heavy atom. The number of nitrogens with one attached hydrogen (secondary N) is 1. The van der Waals surface area contributed by atoms with Crippen LogP contribution in [0.1, 0.15) is 51.9 Å². The van der Waals surface area contributed by atoms with Crippen molar-refractivity contribution in [3.63, 3.8) is 0 Å². The number of carbonyl (C=O) groups is 2. The molecule has 6 nitrogen and oxygen atoms in total. The van der Waals surface area contributed by atoms with Crippen LogP contribution in [-0.2, 0) is 9.59 Å². The predicted octanol–water partition coefficient (Wildman–Crippen LogP) is 3.15. The van der Waals surface area contributed by atoms with E-state index in [-0.39, 0.29) is 30.4 Å². The topological polar surface area (TPSA) is 67.9 Å². The lowest BCUT2D eigenvalue weighted by Crippen LogP contribution is -2.48. The van der Waals surface area contributed by atoms with Gasteiger partial charge in [-0.15, -0.1) is 0 Å². The van der Waals surface area contributed by atoms with Crippen LogP contribution >= 0.6 is 0 Å². The number of carbonyl (C=O) groups excluding carboxylic acids is 2. The summed E-state index contributed by atoms with van der Waals surface area (Å²) in [7, 11) is 0. The molecule has 6 heteroatoms. The Morgan fingerprint density at radius 1 is 0.964 bits per heavy atom. The molecule has 1 aliphatic carbocycles. The standard InChI is InChI=1S/C22H32N2O4/c1-2-27-19-8-10-20(11-9-19)28-16-21(25)24-14-12-18(13-15-24)23-22(26)17-6-4-3-5-7-17/h8-11,17-18H,2-7,12-16H2,1H3,(H,23,26). The first kappa shape index (κ1) is 20.5. The first-order valence-electron chi connectivity index (χ1n) is 10.6. The van der Waals surface area contributed by atoms with Crippen LogP contribution in [0.25, 0.3) is 0 Å². The van der Waals surface area contributed by atoms with Gasteiger partial charge in [0.25, 0.3) is 5.91 Å². The van der Waals surface area contributed by atoms with Crippen molar-refractivity contribution in [3.8, 4) is 11.5 Å². The van der Waals surface area contributed by atoms with E-state index in [2.05, 4.69) is 5.32 Å². The zero-order chi connectivity index (χ0) is 19.8. The van der Waals surface area contributed by atoms with Crippen LogP contribution in [0.4, 0.5) is 0 Å². The number of piperidine rings is 1. The minimum absolute atomic E-state index is 0.00839. The number of likely N-dealkylation sites (tertiary alicyclic amines) is 1. The first-order valence-corrected chi connectivity index (χ1v) is 10.6. The van der Waals surface area contributed by atoms with Crippen molar-refractivity contribution in [1.82, 2.24) is 10.2 Å². The molecule has 0 aromatic heterocycles. The van der Waals surface area contributed by atoms with Crippen LogP contribution in [0.3, 0.4) is 0 Å². The fourth-order valence-corrected chi connectivity index (χ4v) is 3.99. The highest BCUT2D eigenvalue weighted by Crippen LogP contribution is 2.24. The second kappa shape index (κ2) is 10.3. The normalized spacial score (nSPS) is 18.5. The molecule has 1 aromatic rings. The summed E-state index contributed by atoms with van der Waals surface area (Å²) in [5.74, 6) is 1.84. The summed E-state index contributed by atoms with van der Waals surface area (Å²) in [5.41, 5.74) is 0. The molecule has 1 saturated heterocycles. The van der Waals surface area contributed by atoms with E-state index in [1.54, 1.807) is 0 Å². The zero-order valence-electron chi connectivity index (χ0n) is 16.8. The summed E-state index contributed by atoms with van der Waals surface area (Å²) < 4.78 is 11.0. The molecule has 1 heterocycles. The maximum absolute atomic E-state index is 12.4. The van der Waals surface area contributed by atoms with Crippen molar-refractivity contribution in [1.29, 1.82) is 0 Å². The molecule has 0 unspecified atom stereocenters. The van der Waals surface area contributed by atoms with Crippen LogP contribution in [0, 0.1) is 5.92 Å². The van der Waals surface area contributed by atoms with Crippen molar-refractivity contribution in [3.05, 3.63) is 24.3 Å². The summed E-state index contributed by atoms with van der Waals surface area (Å²) in [5, 5.41) is 3.20. The smallest absolute Gasteiger partial charge is 0.260 e. The lowest BCUT2D eigenvalue weighted by molar-refractivity contribution is -0.134. The second-order valence-electron chi connectivity index (χ2n) is 7.69. The summed E-state index contributed by atoms with van der Waals surface area (Å²) in [4.78, 5) is 26.6. The average Bonchev–Trinajstić information content (AvgIpc) is 2.74. The number of benzene rings is 1. The van der Waals surface area contributed by atoms with Crippen molar-refractivity contribution in [2.45, 2.75) is 57.9 Å². The van der Waals surface area contributed by atoms with Gasteiger partial charge in [-0.25, -0.2) is 0 Å². The Labute approximate surface area is 167 Å². The quantitative estimate of drug-likeness (QED) is 0.779. The maximum atomic E-state index is 12.4. The third kappa shape index (κ3) is 5.88. The van der Waals surface area contributed by atoms with Crippen LogP contribution in [0.15, 0.2) is 24.3 Å². The highest BCUT2D eigenvalue weighted by atomic mass is 16.5. The molecule has 1 aromatic carbocycles. The van der Waals surface area contributed by atoms with Crippen molar-refractivity contribution in [2.24, 2.45) is 5.92 Å². The van der Waals surface area contributed by atoms with Gasteiger partial charge < -0.3 is 19.7 Å².